The topological polar surface area (TPSA) is 46.4 Å². The molecule has 0 radical (unpaired) electrons. The van der Waals surface area contributed by atoms with E-state index >= 15 is 0 Å². The summed E-state index contributed by atoms with van der Waals surface area (Å²) in [6.07, 6.45) is 0. The maximum Gasteiger partial charge on any atom is 0.259 e. The Hall–Kier alpha value is -0.640. The van der Waals surface area contributed by atoms with E-state index in [1.165, 1.54) is 0 Å². The van der Waals surface area contributed by atoms with Crippen molar-refractivity contribution in [3.05, 3.63) is 10.1 Å². The van der Waals surface area contributed by atoms with Crippen LogP contribution in [0.15, 0.2) is 0 Å². The number of nitrogens with zero attached hydrogens (tertiary/aromatic N) is 2. The van der Waals surface area contributed by atoms with Gasteiger partial charge in [0.1, 0.15) is 0 Å². The van der Waals surface area contributed by atoms with E-state index < -0.39 is 0 Å². The van der Waals surface area contributed by atoms with Crippen LogP contribution < -0.4 is 0 Å². The van der Waals surface area contributed by atoms with Crippen LogP contribution in [-0.2, 0) is 0 Å². The SMILES string of the molecule is CC(C)C(C)N(C)C[N+](=O)[O-]. The van der Waals surface area contributed by atoms with Gasteiger partial charge in [0.2, 0.25) is 0 Å². The molecule has 0 aliphatic heterocycles. The number of rotatable bonds is 4. The molecule has 0 bridgehead atoms. The molecule has 0 aromatic rings. The first-order valence-electron chi connectivity index (χ1n) is 3.77. The first kappa shape index (κ1) is 10.4. The summed E-state index contributed by atoms with van der Waals surface area (Å²) < 4.78 is 0. The fraction of sp³-hybridized carbons (Fsp3) is 1.00. The van der Waals surface area contributed by atoms with Crippen molar-refractivity contribution < 1.29 is 4.92 Å². The van der Waals surface area contributed by atoms with E-state index in [0.29, 0.717) is 5.92 Å². The maximum atomic E-state index is 10.1. The van der Waals surface area contributed by atoms with E-state index in [-0.39, 0.29) is 17.6 Å². The summed E-state index contributed by atoms with van der Waals surface area (Å²) >= 11 is 0. The molecule has 11 heavy (non-hydrogen) atoms. The molecule has 4 nitrogen and oxygen atoms in total. The fourth-order valence-corrected chi connectivity index (χ4v) is 0.820. The molecule has 0 rings (SSSR count). The second-order valence-corrected chi connectivity index (χ2v) is 3.22. The lowest BCUT2D eigenvalue weighted by atomic mass is 10.1. The van der Waals surface area contributed by atoms with Crippen molar-refractivity contribution in [1.82, 2.24) is 4.90 Å². The largest absolute Gasteiger partial charge is 0.263 e. The zero-order chi connectivity index (χ0) is 9.02. The van der Waals surface area contributed by atoms with Gasteiger partial charge in [0.25, 0.3) is 6.67 Å². The predicted octanol–water partition coefficient (Wildman–Crippen LogP) is 1.20. The minimum absolute atomic E-state index is 0.0701. The molecular weight excluding hydrogens is 144 g/mol. The van der Waals surface area contributed by atoms with Crippen molar-refractivity contribution in [2.24, 2.45) is 5.92 Å². The highest BCUT2D eigenvalue weighted by Crippen LogP contribution is 2.06. The molecule has 0 amide bonds. The molecule has 0 aliphatic carbocycles. The fourth-order valence-electron chi connectivity index (χ4n) is 0.820. The van der Waals surface area contributed by atoms with Crippen LogP contribution >= 0.6 is 0 Å². The van der Waals surface area contributed by atoms with E-state index in [4.69, 9.17) is 0 Å². The number of hydrogen-bond acceptors (Lipinski definition) is 3. The third kappa shape index (κ3) is 3.93. The van der Waals surface area contributed by atoms with Crippen LogP contribution in [0, 0.1) is 16.0 Å². The second-order valence-electron chi connectivity index (χ2n) is 3.22. The average molecular weight is 160 g/mol. The highest BCUT2D eigenvalue weighted by atomic mass is 16.6. The molecule has 0 saturated heterocycles. The van der Waals surface area contributed by atoms with Gasteiger partial charge in [-0.15, -0.1) is 0 Å². The van der Waals surface area contributed by atoms with Crippen LogP contribution in [0.1, 0.15) is 20.8 Å². The van der Waals surface area contributed by atoms with Crippen molar-refractivity contribution in [2.75, 3.05) is 13.7 Å². The highest BCUT2D eigenvalue weighted by Gasteiger charge is 2.16. The summed E-state index contributed by atoms with van der Waals surface area (Å²) in [5, 5.41) is 10.1. The van der Waals surface area contributed by atoms with Crippen molar-refractivity contribution in [3.8, 4) is 0 Å². The van der Waals surface area contributed by atoms with Gasteiger partial charge < -0.3 is 0 Å². The summed E-state index contributed by atoms with van der Waals surface area (Å²) in [6.45, 7) is 6.04. The summed E-state index contributed by atoms with van der Waals surface area (Å²) in [4.78, 5) is 11.5. The van der Waals surface area contributed by atoms with Crippen LogP contribution in [0.25, 0.3) is 0 Å². The average Bonchev–Trinajstić information content (AvgIpc) is 1.84. The highest BCUT2D eigenvalue weighted by molar-refractivity contribution is 4.63. The van der Waals surface area contributed by atoms with E-state index in [1.54, 1.807) is 11.9 Å². The van der Waals surface area contributed by atoms with Crippen LogP contribution in [0.2, 0.25) is 0 Å². The van der Waals surface area contributed by atoms with Crippen LogP contribution in [-0.4, -0.2) is 29.6 Å². The van der Waals surface area contributed by atoms with Gasteiger partial charge in [-0.05, 0) is 19.9 Å². The Morgan fingerprint density at radius 3 is 2.18 bits per heavy atom. The first-order chi connectivity index (χ1) is 4.95. The van der Waals surface area contributed by atoms with Gasteiger partial charge in [0, 0.05) is 11.0 Å². The van der Waals surface area contributed by atoms with E-state index in [2.05, 4.69) is 13.8 Å². The van der Waals surface area contributed by atoms with Crippen LogP contribution in [0.4, 0.5) is 0 Å². The molecule has 0 aromatic carbocycles. The molecule has 0 spiro atoms. The Bertz CT molecular complexity index is 136. The second kappa shape index (κ2) is 4.28. The lowest BCUT2D eigenvalue weighted by Gasteiger charge is -2.23. The minimum atomic E-state index is -0.307. The molecule has 0 heterocycles. The van der Waals surface area contributed by atoms with E-state index in [9.17, 15) is 10.1 Å². The monoisotopic (exact) mass is 160 g/mol. The maximum absolute atomic E-state index is 10.1. The standard InChI is InChI=1S/C7H16N2O2/c1-6(2)7(3)8(4)5-9(10)11/h6-7H,5H2,1-4H3. The van der Waals surface area contributed by atoms with Gasteiger partial charge in [0.05, 0.1) is 0 Å². The summed E-state index contributed by atoms with van der Waals surface area (Å²) in [5.41, 5.74) is 0. The van der Waals surface area contributed by atoms with E-state index in [1.807, 2.05) is 6.92 Å². The smallest absolute Gasteiger partial charge is 0.259 e. The van der Waals surface area contributed by atoms with Gasteiger partial charge in [-0.25, -0.2) is 4.90 Å². The van der Waals surface area contributed by atoms with Gasteiger partial charge in [-0.2, -0.15) is 0 Å². The van der Waals surface area contributed by atoms with Crippen LogP contribution in [0.3, 0.4) is 0 Å². The van der Waals surface area contributed by atoms with Gasteiger partial charge >= 0.3 is 0 Å². The van der Waals surface area contributed by atoms with Crippen molar-refractivity contribution >= 4 is 0 Å². The van der Waals surface area contributed by atoms with Gasteiger partial charge in [-0.3, -0.25) is 10.1 Å². The Morgan fingerprint density at radius 1 is 1.45 bits per heavy atom. The molecule has 0 aromatic heterocycles. The Kier molecular flexibility index (Phi) is 4.03. The summed E-state index contributed by atoms with van der Waals surface area (Å²) in [7, 11) is 1.77. The molecule has 0 fully saturated rings. The third-order valence-corrected chi connectivity index (χ3v) is 2.00. The van der Waals surface area contributed by atoms with Crippen LogP contribution in [0.5, 0.6) is 0 Å². The van der Waals surface area contributed by atoms with Gasteiger partial charge in [0.15, 0.2) is 0 Å². The molecule has 0 aliphatic rings. The molecular formula is C7H16N2O2. The molecule has 66 valence electrons. The van der Waals surface area contributed by atoms with Crippen molar-refractivity contribution in [2.45, 2.75) is 26.8 Å². The molecule has 1 atom stereocenters. The minimum Gasteiger partial charge on any atom is -0.263 e. The lowest BCUT2D eigenvalue weighted by Crippen LogP contribution is -2.36. The molecule has 0 saturated carbocycles. The van der Waals surface area contributed by atoms with Crippen molar-refractivity contribution in [3.63, 3.8) is 0 Å². The Morgan fingerprint density at radius 2 is 1.91 bits per heavy atom. The molecule has 4 heteroatoms. The zero-order valence-corrected chi connectivity index (χ0v) is 7.57. The Balaban J connectivity index is 3.82. The quantitative estimate of drug-likeness (QED) is 0.352. The lowest BCUT2D eigenvalue weighted by molar-refractivity contribution is -0.505. The summed E-state index contributed by atoms with van der Waals surface area (Å²) in [6, 6.07) is 0.264. The normalized spacial score (nSPS) is 14.0. The summed E-state index contributed by atoms with van der Waals surface area (Å²) in [5.74, 6) is 0.458. The number of nitro groups is 1. The predicted molar refractivity (Wildman–Crippen MR) is 43.9 cm³/mol. The van der Waals surface area contributed by atoms with Crippen molar-refractivity contribution in [1.29, 1.82) is 0 Å². The third-order valence-electron chi connectivity index (χ3n) is 2.00. The molecule has 0 N–H and O–H groups in total. The van der Waals surface area contributed by atoms with Gasteiger partial charge in [-0.1, -0.05) is 13.8 Å². The van der Waals surface area contributed by atoms with E-state index in [0.717, 1.165) is 0 Å². The Labute approximate surface area is 67.3 Å². The zero-order valence-electron chi connectivity index (χ0n) is 7.57. The molecule has 1 unspecified atom stereocenters. The number of hydrogen-bond donors (Lipinski definition) is 0. The first-order valence-corrected chi connectivity index (χ1v) is 3.77.